The fraction of sp³-hybridized carbons (Fsp3) is 0.818. The summed E-state index contributed by atoms with van der Waals surface area (Å²) in [5, 5.41) is 7.11. The molecule has 3 N–H and O–H groups in total. The number of nitrogens with one attached hydrogen (secondary N) is 1. The first-order chi connectivity index (χ1) is 7.30. The Labute approximate surface area is 91.7 Å². The Morgan fingerprint density at radius 1 is 1.33 bits per heavy atom. The zero-order chi connectivity index (χ0) is 11.1. The van der Waals surface area contributed by atoms with Crippen LogP contribution in [0.3, 0.4) is 0 Å². The van der Waals surface area contributed by atoms with E-state index in [2.05, 4.69) is 29.0 Å². The number of hydrogen-bond donors (Lipinski definition) is 2. The monoisotopic (exact) mass is 210 g/mol. The van der Waals surface area contributed by atoms with E-state index < -0.39 is 0 Å². The molecule has 0 aliphatic rings. The van der Waals surface area contributed by atoms with Crippen LogP contribution in [0.15, 0.2) is 0 Å². The summed E-state index contributed by atoms with van der Waals surface area (Å²) in [5.41, 5.74) is 5.56. The smallest absolute Gasteiger partial charge is 0.150 e. The number of nitrogens with zero attached hydrogens (tertiary/aromatic N) is 2. The van der Waals surface area contributed by atoms with E-state index in [-0.39, 0.29) is 0 Å². The van der Waals surface area contributed by atoms with Gasteiger partial charge in [0.2, 0.25) is 0 Å². The van der Waals surface area contributed by atoms with Crippen LogP contribution in [0.4, 0.5) is 0 Å². The molecule has 1 rings (SSSR count). The Morgan fingerprint density at radius 3 is 2.67 bits per heavy atom. The second-order valence-corrected chi connectivity index (χ2v) is 3.94. The average molecular weight is 210 g/mol. The lowest BCUT2D eigenvalue weighted by molar-refractivity contribution is 0.439. The highest BCUT2D eigenvalue weighted by atomic mass is 15.2. The topological polar surface area (TPSA) is 67.6 Å². The van der Waals surface area contributed by atoms with Crippen molar-refractivity contribution in [2.24, 2.45) is 11.7 Å². The predicted octanol–water partition coefficient (Wildman–Crippen LogP) is 1.67. The Kier molecular flexibility index (Phi) is 5.32. The van der Waals surface area contributed by atoms with Crippen LogP contribution in [-0.4, -0.2) is 21.7 Å². The molecular formula is C11H22N4. The summed E-state index contributed by atoms with van der Waals surface area (Å²) in [6.07, 6.45) is 5.37. The van der Waals surface area contributed by atoms with Gasteiger partial charge in [-0.05, 0) is 25.3 Å². The molecule has 0 aliphatic heterocycles. The maximum absolute atomic E-state index is 5.56. The molecule has 15 heavy (non-hydrogen) atoms. The normalized spacial score (nSPS) is 13.0. The van der Waals surface area contributed by atoms with E-state index in [1.807, 2.05) is 0 Å². The summed E-state index contributed by atoms with van der Waals surface area (Å²) in [4.78, 5) is 4.40. The molecule has 1 aromatic heterocycles. The molecule has 4 nitrogen and oxygen atoms in total. The molecule has 0 radical (unpaired) electrons. The largest absolute Gasteiger partial charge is 0.330 e. The first-order valence-corrected chi connectivity index (χ1v) is 5.90. The van der Waals surface area contributed by atoms with Crippen molar-refractivity contribution in [3.8, 4) is 0 Å². The summed E-state index contributed by atoms with van der Waals surface area (Å²) in [5.74, 6) is 2.66. The van der Waals surface area contributed by atoms with Crippen molar-refractivity contribution < 1.29 is 0 Å². The van der Waals surface area contributed by atoms with E-state index in [0.29, 0.717) is 0 Å². The molecule has 0 saturated heterocycles. The molecule has 0 aromatic carbocycles. The van der Waals surface area contributed by atoms with Gasteiger partial charge in [-0.15, -0.1) is 0 Å². The molecule has 1 atom stereocenters. The molecule has 1 heterocycles. The lowest BCUT2D eigenvalue weighted by atomic mass is 9.97. The molecule has 0 aliphatic carbocycles. The van der Waals surface area contributed by atoms with Crippen LogP contribution in [-0.2, 0) is 12.8 Å². The average Bonchev–Trinajstić information content (AvgIpc) is 2.72. The minimum absolute atomic E-state index is 0.727. The first kappa shape index (κ1) is 12.2. The third kappa shape index (κ3) is 4.00. The van der Waals surface area contributed by atoms with Gasteiger partial charge in [-0.1, -0.05) is 20.3 Å². The Hall–Kier alpha value is -0.900. The summed E-state index contributed by atoms with van der Waals surface area (Å²) in [6.45, 7) is 5.07. The van der Waals surface area contributed by atoms with Gasteiger partial charge in [0, 0.05) is 12.8 Å². The zero-order valence-electron chi connectivity index (χ0n) is 9.79. The molecule has 1 aromatic rings. The summed E-state index contributed by atoms with van der Waals surface area (Å²) in [6, 6.07) is 0. The summed E-state index contributed by atoms with van der Waals surface area (Å²) in [7, 11) is 0. The lowest BCUT2D eigenvalue weighted by Crippen LogP contribution is -2.09. The number of nitrogens with two attached hydrogens (primary N) is 1. The van der Waals surface area contributed by atoms with Crippen molar-refractivity contribution in [2.75, 3.05) is 6.54 Å². The highest BCUT2D eigenvalue weighted by Gasteiger charge is 2.07. The standard InChI is InChI=1S/C11H22N4/c1-3-9(7-8-12)5-6-11-13-10(4-2)14-15-11/h9H,3-8,12H2,1-2H3,(H,13,14,15). The van der Waals surface area contributed by atoms with Crippen LogP contribution in [0.25, 0.3) is 0 Å². The molecule has 0 bridgehead atoms. The van der Waals surface area contributed by atoms with E-state index in [9.17, 15) is 0 Å². The van der Waals surface area contributed by atoms with Crippen LogP contribution < -0.4 is 5.73 Å². The third-order valence-corrected chi connectivity index (χ3v) is 2.84. The molecular weight excluding hydrogens is 188 g/mol. The van der Waals surface area contributed by atoms with Crippen LogP contribution >= 0.6 is 0 Å². The quantitative estimate of drug-likeness (QED) is 0.719. The number of aromatic amines is 1. The van der Waals surface area contributed by atoms with E-state index in [1.165, 1.54) is 6.42 Å². The van der Waals surface area contributed by atoms with Crippen LogP contribution in [0.2, 0.25) is 0 Å². The van der Waals surface area contributed by atoms with Gasteiger partial charge in [0.1, 0.15) is 11.6 Å². The van der Waals surface area contributed by atoms with Crippen LogP contribution in [0.5, 0.6) is 0 Å². The molecule has 0 amide bonds. The number of aromatic nitrogens is 3. The molecule has 86 valence electrons. The van der Waals surface area contributed by atoms with Gasteiger partial charge in [-0.3, -0.25) is 5.10 Å². The molecule has 1 unspecified atom stereocenters. The van der Waals surface area contributed by atoms with Gasteiger partial charge in [-0.2, -0.15) is 5.10 Å². The van der Waals surface area contributed by atoms with Crippen molar-refractivity contribution in [1.82, 2.24) is 15.2 Å². The fourth-order valence-electron chi connectivity index (χ4n) is 1.73. The minimum Gasteiger partial charge on any atom is -0.330 e. The number of hydrogen-bond acceptors (Lipinski definition) is 3. The van der Waals surface area contributed by atoms with Gasteiger partial charge in [0.25, 0.3) is 0 Å². The van der Waals surface area contributed by atoms with Gasteiger partial charge in [-0.25, -0.2) is 4.98 Å². The number of H-pyrrole nitrogens is 1. The van der Waals surface area contributed by atoms with Crippen molar-refractivity contribution in [3.05, 3.63) is 11.6 Å². The van der Waals surface area contributed by atoms with Crippen LogP contribution in [0, 0.1) is 5.92 Å². The number of rotatable bonds is 7. The van der Waals surface area contributed by atoms with E-state index >= 15 is 0 Å². The second kappa shape index (κ2) is 6.56. The zero-order valence-corrected chi connectivity index (χ0v) is 9.79. The summed E-state index contributed by atoms with van der Waals surface area (Å²) >= 11 is 0. The van der Waals surface area contributed by atoms with E-state index in [0.717, 1.165) is 49.8 Å². The van der Waals surface area contributed by atoms with E-state index in [4.69, 9.17) is 5.73 Å². The SMILES string of the molecule is CCc1n[nH]c(CCC(CC)CCN)n1. The Bertz CT molecular complexity index is 269. The Morgan fingerprint density at radius 2 is 2.13 bits per heavy atom. The molecule has 0 fully saturated rings. The maximum Gasteiger partial charge on any atom is 0.150 e. The van der Waals surface area contributed by atoms with Crippen molar-refractivity contribution in [3.63, 3.8) is 0 Å². The maximum atomic E-state index is 5.56. The van der Waals surface area contributed by atoms with Gasteiger partial charge in [0.15, 0.2) is 0 Å². The predicted molar refractivity (Wildman–Crippen MR) is 61.5 cm³/mol. The van der Waals surface area contributed by atoms with Crippen molar-refractivity contribution in [2.45, 2.75) is 46.0 Å². The molecule has 0 saturated carbocycles. The highest BCUT2D eigenvalue weighted by Crippen LogP contribution is 2.14. The molecule has 4 heteroatoms. The lowest BCUT2D eigenvalue weighted by Gasteiger charge is -2.11. The second-order valence-electron chi connectivity index (χ2n) is 3.94. The van der Waals surface area contributed by atoms with Crippen molar-refractivity contribution in [1.29, 1.82) is 0 Å². The van der Waals surface area contributed by atoms with Crippen molar-refractivity contribution >= 4 is 0 Å². The Balaban J connectivity index is 2.34. The van der Waals surface area contributed by atoms with Gasteiger partial charge < -0.3 is 5.73 Å². The van der Waals surface area contributed by atoms with Gasteiger partial charge >= 0.3 is 0 Å². The number of aryl methyl sites for hydroxylation is 2. The minimum atomic E-state index is 0.727. The summed E-state index contributed by atoms with van der Waals surface area (Å²) < 4.78 is 0. The van der Waals surface area contributed by atoms with E-state index in [1.54, 1.807) is 0 Å². The first-order valence-electron chi connectivity index (χ1n) is 5.90. The van der Waals surface area contributed by atoms with Gasteiger partial charge in [0.05, 0.1) is 0 Å². The highest BCUT2D eigenvalue weighted by molar-refractivity contribution is 4.90. The molecule has 0 spiro atoms. The fourth-order valence-corrected chi connectivity index (χ4v) is 1.73. The van der Waals surface area contributed by atoms with Crippen LogP contribution in [0.1, 0.15) is 44.8 Å². The third-order valence-electron chi connectivity index (χ3n) is 2.84.